The molecule has 0 aliphatic carbocycles. The molecule has 0 N–H and O–H groups in total. The molecular formula is C26H28N2O. The van der Waals surface area contributed by atoms with Gasteiger partial charge in [-0.2, -0.15) is 0 Å². The summed E-state index contributed by atoms with van der Waals surface area (Å²) in [7, 11) is 0. The monoisotopic (exact) mass is 384 g/mol. The molecule has 29 heavy (non-hydrogen) atoms. The number of nitrogens with zero attached hydrogens (tertiary/aromatic N) is 2. The Hall–Kier alpha value is -3.07. The Labute approximate surface area is 173 Å². The summed E-state index contributed by atoms with van der Waals surface area (Å²) in [5.74, 6) is 2.55. The Morgan fingerprint density at radius 1 is 0.897 bits per heavy atom. The van der Waals surface area contributed by atoms with Crippen LogP contribution < -0.4 is 4.74 Å². The molecule has 0 fully saturated rings. The minimum atomic E-state index is 0.593. The molecule has 1 aromatic heterocycles. The van der Waals surface area contributed by atoms with E-state index in [1.165, 1.54) is 11.1 Å². The van der Waals surface area contributed by atoms with Crippen molar-refractivity contribution in [2.45, 2.75) is 39.2 Å². The first-order chi connectivity index (χ1) is 14.3. The summed E-state index contributed by atoms with van der Waals surface area (Å²) in [5.41, 5.74) is 4.72. The normalized spacial score (nSPS) is 12.2. The predicted octanol–water partition coefficient (Wildman–Crippen LogP) is 6.69. The highest BCUT2D eigenvalue weighted by Crippen LogP contribution is 2.25. The van der Waals surface area contributed by atoms with Gasteiger partial charge in [-0.1, -0.05) is 68.4 Å². The van der Waals surface area contributed by atoms with E-state index in [4.69, 9.17) is 9.72 Å². The highest BCUT2D eigenvalue weighted by Gasteiger charge is 2.12. The molecule has 1 heterocycles. The summed E-state index contributed by atoms with van der Waals surface area (Å²) in [6.45, 7) is 6.04. The molecule has 0 bridgehead atoms. The van der Waals surface area contributed by atoms with Gasteiger partial charge in [-0.25, -0.2) is 4.98 Å². The van der Waals surface area contributed by atoms with Gasteiger partial charge < -0.3 is 9.30 Å². The van der Waals surface area contributed by atoms with E-state index in [2.05, 4.69) is 85.1 Å². The van der Waals surface area contributed by atoms with Crippen molar-refractivity contribution in [1.82, 2.24) is 9.55 Å². The van der Waals surface area contributed by atoms with E-state index in [0.717, 1.165) is 42.0 Å². The average Bonchev–Trinajstić information content (AvgIpc) is 3.16. The molecule has 0 spiro atoms. The Balaban J connectivity index is 1.44. The number of para-hydroxylation sites is 2. The second kappa shape index (κ2) is 8.95. The summed E-state index contributed by atoms with van der Waals surface area (Å²) in [5, 5.41) is 0. The second-order valence-corrected chi connectivity index (χ2v) is 7.52. The van der Waals surface area contributed by atoms with Crippen LogP contribution >= 0.6 is 0 Å². The lowest BCUT2D eigenvalue weighted by atomic mass is 9.99. The molecule has 0 radical (unpaired) electrons. The van der Waals surface area contributed by atoms with Gasteiger partial charge in [0.2, 0.25) is 0 Å². The molecule has 4 aromatic rings. The van der Waals surface area contributed by atoms with Crippen LogP contribution in [0.3, 0.4) is 0 Å². The van der Waals surface area contributed by atoms with E-state index in [1.807, 2.05) is 12.1 Å². The Bertz CT molecular complexity index is 1050. The highest BCUT2D eigenvalue weighted by molar-refractivity contribution is 5.80. The van der Waals surface area contributed by atoms with Gasteiger partial charge in [0, 0.05) is 12.1 Å². The summed E-state index contributed by atoms with van der Waals surface area (Å²) < 4.78 is 8.30. The molecule has 1 atom stereocenters. The average molecular weight is 385 g/mol. The maximum absolute atomic E-state index is 6.00. The van der Waals surface area contributed by atoms with Crippen LogP contribution in [0.25, 0.3) is 22.4 Å². The first kappa shape index (κ1) is 19.3. The van der Waals surface area contributed by atoms with Gasteiger partial charge in [0.1, 0.15) is 11.6 Å². The lowest BCUT2D eigenvalue weighted by Crippen LogP contribution is -2.06. The minimum Gasteiger partial charge on any atom is -0.494 e. The van der Waals surface area contributed by atoms with Crippen LogP contribution in [-0.2, 0) is 6.54 Å². The van der Waals surface area contributed by atoms with Crippen LogP contribution in [0.2, 0.25) is 0 Å². The van der Waals surface area contributed by atoms with Gasteiger partial charge in [-0.05, 0) is 48.6 Å². The van der Waals surface area contributed by atoms with E-state index in [0.29, 0.717) is 12.5 Å². The fraction of sp³-hybridized carbons (Fsp3) is 0.269. The predicted molar refractivity (Wildman–Crippen MR) is 120 cm³/mol. The summed E-state index contributed by atoms with van der Waals surface area (Å²) in [6, 6.07) is 27.3. The first-order valence-electron chi connectivity index (χ1n) is 10.5. The second-order valence-electron chi connectivity index (χ2n) is 7.52. The molecule has 3 heteroatoms. The van der Waals surface area contributed by atoms with Gasteiger partial charge in [0.15, 0.2) is 0 Å². The van der Waals surface area contributed by atoms with Crippen LogP contribution in [0.4, 0.5) is 0 Å². The smallest absolute Gasteiger partial charge is 0.141 e. The molecule has 1 unspecified atom stereocenters. The molecule has 0 amide bonds. The number of fused-ring (bicyclic) bond motifs is 1. The van der Waals surface area contributed by atoms with Crippen molar-refractivity contribution in [3.63, 3.8) is 0 Å². The zero-order chi connectivity index (χ0) is 20.1. The number of aromatic nitrogens is 2. The van der Waals surface area contributed by atoms with Gasteiger partial charge in [-0.3, -0.25) is 0 Å². The summed E-state index contributed by atoms with van der Waals surface area (Å²) in [4.78, 5) is 4.88. The molecule has 0 aliphatic heterocycles. The number of benzene rings is 3. The summed E-state index contributed by atoms with van der Waals surface area (Å²) >= 11 is 0. The topological polar surface area (TPSA) is 27.1 Å². The van der Waals surface area contributed by atoms with Crippen molar-refractivity contribution < 1.29 is 4.74 Å². The SMILES string of the molecule is CCC(C)c1ccc(OCCCn2c(-c3ccccc3)nc3ccccc32)cc1. The van der Waals surface area contributed by atoms with Gasteiger partial charge >= 0.3 is 0 Å². The number of rotatable bonds is 8. The largest absolute Gasteiger partial charge is 0.494 e. The third kappa shape index (κ3) is 4.34. The van der Waals surface area contributed by atoms with E-state index >= 15 is 0 Å². The number of aryl methyl sites for hydroxylation is 1. The molecule has 0 saturated heterocycles. The Morgan fingerprint density at radius 2 is 1.62 bits per heavy atom. The maximum Gasteiger partial charge on any atom is 0.141 e. The van der Waals surface area contributed by atoms with Crippen LogP contribution in [0, 0.1) is 0 Å². The van der Waals surface area contributed by atoms with Crippen LogP contribution in [0.1, 0.15) is 38.2 Å². The third-order valence-electron chi connectivity index (χ3n) is 5.54. The van der Waals surface area contributed by atoms with Crippen molar-refractivity contribution in [3.05, 3.63) is 84.4 Å². The molecule has 0 aliphatic rings. The van der Waals surface area contributed by atoms with Crippen LogP contribution in [0.15, 0.2) is 78.9 Å². The minimum absolute atomic E-state index is 0.593. The standard InChI is InChI=1S/C26H28N2O/c1-3-20(2)21-14-16-23(17-15-21)29-19-9-18-28-25-13-8-7-12-24(25)27-26(28)22-10-5-4-6-11-22/h4-8,10-17,20H,3,9,18-19H2,1-2H3. The van der Waals surface area contributed by atoms with Gasteiger partial charge in [-0.15, -0.1) is 0 Å². The van der Waals surface area contributed by atoms with Crippen molar-refractivity contribution in [2.75, 3.05) is 6.61 Å². The highest BCUT2D eigenvalue weighted by atomic mass is 16.5. The Kier molecular flexibility index (Phi) is 5.95. The van der Waals surface area contributed by atoms with Crippen molar-refractivity contribution in [1.29, 1.82) is 0 Å². The van der Waals surface area contributed by atoms with Crippen molar-refractivity contribution >= 4 is 11.0 Å². The molecule has 4 rings (SSSR count). The van der Waals surface area contributed by atoms with Crippen molar-refractivity contribution in [3.8, 4) is 17.1 Å². The lowest BCUT2D eigenvalue weighted by molar-refractivity contribution is 0.302. The maximum atomic E-state index is 6.00. The van der Waals surface area contributed by atoms with Crippen LogP contribution in [-0.4, -0.2) is 16.2 Å². The van der Waals surface area contributed by atoms with Gasteiger partial charge in [0.05, 0.1) is 17.6 Å². The first-order valence-corrected chi connectivity index (χ1v) is 10.5. The van der Waals surface area contributed by atoms with E-state index in [9.17, 15) is 0 Å². The number of hydrogen-bond donors (Lipinski definition) is 0. The molecule has 148 valence electrons. The quantitative estimate of drug-likeness (QED) is 0.317. The fourth-order valence-corrected chi connectivity index (χ4v) is 3.65. The third-order valence-corrected chi connectivity index (χ3v) is 5.54. The van der Waals surface area contributed by atoms with Gasteiger partial charge in [0.25, 0.3) is 0 Å². The zero-order valence-corrected chi connectivity index (χ0v) is 17.2. The van der Waals surface area contributed by atoms with Crippen molar-refractivity contribution in [2.24, 2.45) is 0 Å². The summed E-state index contributed by atoms with van der Waals surface area (Å²) in [6.07, 6.45) is 2.08. The number of imidazole rings is 1. The van der Waals surface area contributed by atoms with E-state index in [-0.39, 0.29) is 0 Å². The van der Waals surface area contributed by atoms with Crippen LogP contribution in [0.5, 0.6) is 5.75 Å². The lowest BCUT2D eigenvalue weighted by Gasteiger charge is -2.12. The number of ether oxygens (including phenoxy) is 1. The molecular weight excluding hydrogens is 356 g/mol. The van der Waals surface area contributed by atoms with E-state index in [1.54, 1.807) is 0 Å². The molecule has 3 nitrogen and oxygen atoms in total. The Morgan fingerprint density at radius 3 is 2.38 bits per heavy atom. The number of hydrogen-bond acceptors (Lipinski definition) is 2. The molecule has 3 aromatic carbocycles. The van der Waals surface area contributed by atoms with E-state index < -0.39 is 0 Å². The zero-order valence-electron chi connectivity index (χ0n) is 17.2. The molecule has 0 saturated carbocycles. The fourth-order valence-electron chi connectivity index (χ4n) is 3.65.